The lowest BCUT2D eigenvalue weighted by Gasteiger charge is -2.21. The van der Waals surface area contributed by atoms with E-state index in [0.717, 1.165) is 37.1 Å². The van der Waals surface area contributed by atoms with Gasteiger partial charge < -0.3 is 10.5 Å². The largest absolute Gasteiger partial charge is 0.457 e. The average Bonchev–Trinajstić information content (AvgIpc) is 3.15. The zero-order valence-electron chi connectivity index (χ0n) is 15.0. The van der Waals surface area contributed by atoms with Crippen LogP contribution in [-0.4, -0.2) is 18.1 Å². The molecule has 0 aliphatic heterocycles. The van der Waals surface area contributed by atoms with E-state index in [4.69, 9.17) is 10.5 Å². The SMILES string of the molecule is C=C(CCCC(CCC)C1CC1CCN)C(=O)OC(C)(C)C. The quantitative estimate of drug-likeness (QED) is 0.479. The van der Waals surface area contributed by atoms with Crippen molar-refractivity contribution in [3.8, 4) is 0 Å². The summed E-state index contributed by atoms with van der Waals surface area (Å²) < 4.78 is 5.36. The molecule has 3 heteroatoms. The standard InChI is InChI=1S/C19H35NO2/c1-6-8-15(17-13-16(17)11-12-20)10-7-9-14(2)18(21)22-19(3,4)5/h15-17H,2,6-13,20H2,1,3-5H3. The third-order valence-electron chi connectivity index (χ3n) is 4.52. The first-order valence-electron chi connectivity index (χ1n) is 8.89. The summed E-state index contributed by atoms with van der Waals surface area (Å²) in [7, 11) is 0. The van der Waals surface area contributed by atoms with Crippen LogP contribution in [0, 0.1) is 17.8 Å². The first kappa shape index (κ1) is 19.2. The maximum Gasteiger partial charge on any atom is 0.333 e. The zero-order valence-corrected chi connectivity index (χ0v) is 15.0. The molecular weight excluding hydrogens is 274 g/mol. The second-order valence-corrected chi connectivity index (χ2v) is 7.78. The van der Waals surface area contributed by atoms with Crippen LogP contribution in [0.4, 0.5) is 0 Å². The molecule has 0 aromatic carbocycles. The van der Waals surface area contributed by atoms with Crippen LogP contribution in [0.2, 0.25) is 0 Å². The molecule has 3 atom stereocenters. The maximum atomic E-state index is 11.9. The summed E-state index contributed by atoms with van der Waals surface area (Å²) in [4.78, 5) is 11.9. The molecule has 0 bridgehead atoms. The molecule has 1 aliphatic rings. The minimum atomic E-state index is -0.436. The Kier molecular flexibility index (Phi) is 7.61. The number of rotatable bonds is 10. The fourth-order valence-electron chi connectivity index (χ4n) is 3.37. The summed E-state index contributed by atoms with van der Waals surface area (Å²) >= 11 is 0. The van der Waals surface area contributed by atoms with Crippen LogP contribution in [0.25, 0.3) is 0 Å². The summed E-state index contributed by atoms with van der Waals surface area (Å²) in [6.45, 7) is 12.6. The second-order valence-electron chi connectivity index (χ2n) is 7.78. The minimum absolute atomic E-state index is 0.244. The van der Waals surface area contributed by atoms with Crippen LogP contribution in [0.3, 0.4) is 0 Å². The molecule has 0 spiro atoms. The number of nitrogens with two attached hydrogens (primary N) is 1. The molecule has 2 N–H and O–H groups in total. The highest BCUT2D eigenvalue weighted by atomic mass is 16.6. The van der Waals surface area contributed by atoms with Crippen LogP contribution in [0.1, 0.15) is 72.6 Å². The number of esters is 1. The summed E-state index contributed by atoms with van der Waals surface area (Å²) in [5.41, 5.74) is 5.84. The van der Waals surface area contributed by atoms with Gasteiger partial charge in [-0.25, -0.2) is 4.79 Å². The van der Waals surface area contributed by atoms with Gasteiger partial charge in [-0.15, -0.1) is 0 Å². The predicted octanol–water partition coefficient (Wildman–Crippen LogP) is 4.46. The Morgan fingerprint density at radius 2 is 2.05 bits per heavy atom. The minimum Gasteiger partial charge on any atom is -0.457 e. The van der Waals surface area contributed by atoms with E-state index in [9.17, 15) is 4.79 Å². The Bertz CT molecular complexity index is 370. The predicted molar refractivity (Wildman–Crippen MR) is 92.5 cm³/mol. The molecule has 0 aromatic rings. The van der Waals surface area contributed by atoms with Crippen molar-refractivity contribution in [3.63, 3.8) is 0 Å². The van der Waals surface area contributed by atoms with Gasteiger partial charge in [-0.2, -0.15) is 0 Å². The molecule has 0 radical (unpaired) electrons. The van der Waals surface area contributed by atoms with E-state index in [-0.39, 0.29) is 5.97 Å². The normalized spacial score (nSPS) is 22.2. The summed E-state index contributed by atoms with van der Waals surface area (Å²) in [6, 6.07) is 0. The van der Waals surface area contributed by atoms with E-state index in [1.54, 1.807) is 0 Å². The van der Waals surface area contributed by atoms with E-state index in [0.29, 0.717) is 5.57 Å². The monoisotopic (exact) mass is 309 g/mol. The first-order chi connectivity index (χ1) is 10.3. The molecule has 22 heavy (non-hydrogen) atoms. The third kappa shape index (κ3) is 6.95. The lowest BCUT2D eigenvalue weighted by molar-refractivity contribution is -0.150. The Balaban J connectivity index is 2.31. The Morgan fingerprint density at radius 1 is 1.36 bits per heavy atom. The molecule has 0 aromatic heterocycles. The highest BCUT2D eigenvalue weighted by Crippen LogP contribution is 2.49. The summed E-state index contributed by atoms with van der Waals surface area (Å²) in [5.74, 6) is 2.29. The van der Waals surface area contributed by atoms with E-state index >= 15 is 0 Å². The van der Waals surface area contributed by atoms with Crippen LogP contribution >= 0.6 is 0 Å². The van der Waals surface area contributed by atoms with Gasteiger partial charge in [0.2, 0.25) is 0 Å². The fraction of sp³-hybridized carbons (Fsp3) is 0.842. The molecule has 0 amide bonds. The van der Waals surface area contributed by atoms with Crippen molar-refractivity contribution in [1.29, 1.82) is 0 Å². The Labute approximate surface area is 136 Å². The second kappa shape index (κ2) is 8.71. The number of carbonyl (C=O) groups excluding carboxylic acids is 1. The number of carbonyl (C=O) groups is 1. The van der Waals surface area contributed by atoms with Crippen LogP contribution in [-0.2, 0) is 9.53 Å². The van der Waals surface area contributed by atoms with Crippen molar-refractivity contribution in [2.75, 3.05) is 6.54 Å². The van der Waals surface area contributed by atoms with E-state index in [1.807, 2.05) is 20.8 Å². The van der Waals surface area contributed by atoms with Gasteiger partial charge in [-0.3, -0.25) is 0 Å². The molecule has 0 heterocycles. The lowest BCUT2D eigenvalue weighted by Crippen LogP contribution is -2.24. The van der Waals surface area contributed by atoms with Gasteiger partial charge in [-0.05, 0) is 77.2 Å². The van der Waals surface area contributed by atoms with Gasteiger partial charge in [0.1, 0.15) is 5.60 Å². The summed E-state index contributed by atoms with van der Waals surface area (Å²) in [6.07, 6.45) is 8.05. The van der Waals surface area contributed by atoms with Crippen molar-refractivity contribution in [1.82, 2.24) is 0 Å². The molecule has 3 nitrogen and oxygen atoms in total. The molecule has 3 unspecified atom stereocenters. The highest BCUT2D eigenvalue weighted by Gasteiger charge is 2.40. The molecule has 1 rings (SSSR count). The van der Waals surface area contributed by atoms with Crippen LogP contribution in [0.15, 0.2) is 12.2 Å². The van der Waals surface area contributed by atoms with Gasteiger partial charge in [0.05, 0.1) is 0 Å². The van der Waals surface area contributed by atoms with Crippen LogP contribution < -0.4 is 5.73 Å². The maximum absolute atomic E-state index is 11.9. The smallest absolute Gasteiger partial charge is 0.333 e. The lowest BCUT2D eigenvalue weighted by atomic mass is 9.90. The molecule has 128 valence electrons. The van der Waals surface area contributed by atoms with Crippen molar-refractivity contribution in [2.45, 2.75) is 78.2 Å². The number of hydrogen-bond acceptors (Lipinski definition) is 3. The van der Waals surface area contributed by atoms with E-state index in [1.165, 1.54) is 32.1 Å². The van der Waals surface area contributed by atoms with Gasteiger partial charge in [0, 0.05) is 5.57 Å². The first-order valence-corrected chi connectivity index (χ1v) is 8.89. The summed E-state index contributed by atoms with van der Waals surface area (Å²) in [5, 5.41) is 0. The highest BCUT2D eigenvalue weighted by molar-refractivity contribution is 5.87. The van der Waals surface area contributed by atoms with Crippen molar-refractivity contribution >= 4 is 5.97 Å². The zero-order chi connectivity index (χ0) is 16.8. The molecule has 1 saturated carbocycles. The Morgan fingerprint density at radius 3 is 2.59 bits per heavy atom. The van der Waals surface area contributed by atoms with E-state index in [2.05, 4.69) is 13.5 Å². The van der Waals surface area contributed by atoms with Crippen molar-refractivity contribution in [3.05, 3.63) is 12.2 Å². The Hall–Kier alpha value is -0.830. The topological polar surface area (TPSA) is 52.3 Å². The fourth-order valence-corrected chi connectivity index (χ4v) is 3.37. The third-order valence-corrected chi connectivity index (χ3v) is 4.52. The molecule has 1 aliphatic carbocycles. The van der Waals surface area contributed by atoms with Gasteiger partial charge in [0.25, 0.3) is 0 Å². The van der Waals surface area contributed by atoms with Gasteiger partial charge >= 0.3 is 5.97 Å². The molecular formula is C19H35NO2. The number of ether oxygens (including phenoxy) is 1. The van der Waals surface area contributed by atoms with E-state index < -0.39 is 5.60 Å². The average molecular weight is 309 g/mol. The van der Waals surface area contributed by atoms with Crippen LogP contribution in [0.5, 0.6) is 0 Å². The molecule has 0 saturated heterocycles. The van der Waals surface area contributed by atoms with Gasteiger partial charge in [-0.1, -0.05) is 26.3 Å². The van der Waals surface area contributed by atoms with Crippen molar-refractivity contribution < 1.29 is 9.53 Å². The number of hydrogen-bond donors (Lipinski definition) is 1. The van der Waals surface area contributed by atoms with Gasteiger partial charge in [0.15, 0.2) is 0 Å². The van der Waals surface area contributed by atoms with Crippen molar-refractivity contribution in [2.24, 2.45) is 23.5 Å². The molecule has 1 fully saturated rings.